The number of hydrogen-bond donors (Lipinski definition) is 1. The first-order valence-corrected chi connectivity index (χ1v) is 7.35. The molecule has 0 radical (unpaired) electrons. The van der Waals surface area contributed by atoms with Crippen molar-refractivity contribution in [1.29, 1.82) is 0 Å². The van der Waals surface area contributed by atoms with Gasteiger partial charge in [-0.1, -0.05) is 23.7 Å². The summed E-state index contributed by atoms with van der Waals surface area (Å²) in [6, 6.07) is 13.9. The van der Waals surface area contributed by atoms with E-state index < -0.39 is 0 Å². The Morgan fingerprint density at radius 2 is 1.70 bits per heavy atom. The maximum atomic E-state index is 12.7. The number of carbonyl (C=O) groups excluding carboxylic acids is 1. The monoisotopic (exact) mass is 323 g/mol. The van der Waals surface area contributed by atoms with E-state index in [1.165, 1.54) is 0 Å². The smallest absolute Gasteiger partial charge is 0.197 e. The summed E-state index contributed by atoms with van der Waals surface area (Å²) in [5.74, 6) is 0.748. The first-order chi connectivity index (χ1) is 11.2. The minimum atomic E-state index is -0.0970. The van der Waals surface area contributed by atoms with E-state index in [0.717, 1.165) is 0 Å². The number of aromatic amines is 1. The van der Waals surface area contributed by atoms with Crippen molar-refractivity contribution in [3.63, 3.8) is 0 Å². The lowest BCUT2D eigenvalue weighted by molar-refractivity contribution is 0.110. The highest BCUT2D eigenvalue weighted by Gasteiger charge is 2.13. The third-order valence-corrected chi connectivity index (χ3v) is 4.14. The molecule has 5 heteroatoms. The van der Waals surface area contributed by atoms with Crippen LogP contribution in [-0.4, -0.2) is 11.3 Å². The number of nitrogens with one attached hydrogen (secondary N) is 1. The van der Waals surface area contributed by atoms with E-state index in [1.807, 2.05) is 6.07 Å². The molecule has 2 heterocycles. The second-order valence-corrected chi connectivity index (χ2v) is 5.57. The zero-order chi connectivity index (χ0) is 16.0. The highest BCUT2D eigenvalue weighted by atomic mass is 35.5. The van der Waals surface area contributed by atoms with Crippen LogP contribution in [0.5, 0.6) is 0 Å². The van der Waals surface area contributed by atoms with Gasteiger partial charge in [-0.3, -0.25) is 9.59 Å². The molecular formula is C18H10ClNO3. The average Bonchev–Trinajstić information content (AvgIpc) is 3.05. The number of fused-ring (bicyclic) bond motifs is 2. The average molecular weight is 324 g/mol. The molecule has 0 spiro atoms. The van der Waals surface area contributed by atoms with Crippen molar-refractivity contribution in [2.75, 3.05) is 0 Å². The summed E-state index contributed by atoms with van der Waals surface area (Å²) in [5.41, 5.74) is 1.82. The second kappa shape index (κ2) is 5.11. The van der Waals surface area contributed by atoms with E-state index in [-0.39, 0.29) is 11.2 Å². The Morgan fingerprint density at radius 1 is 0.957 bits per heavy atom. The summed E-state index contributed by atoms with van der Waals surface area (Å²) in [4.78, 5) is 26.8. The van der Waals surface area contributed by atoms with Crippen LogP contribution < -0.4 is 5.43 Å². The molecule has 0 aliphatic heterocycles. The van der Waals surface area contributed by atoms with Crippen LogP contribution in [0.3, 0.4) is 0 Å². The topological polar surface area (TPSA) is 63.1 Å². The van der Waals surface area contributed by atoms with Gasteiger partial charge in [0.05, 0.1) is 16.1 Å². The molecule has 0 unspecified atom stereocenters. The van der Waals surface area contributed by atoms with E-state index in [4.69, 9.17) is 16.0 Å². The van der Waals surface area contributed by atoms with Gasteiger partial charge in [-0.15, -0.1) is 0 Å². The molecule has 0 atom stereocenters. The standard InChI is InChI=1S/C18H10ClNO3/c19-14-6-2-5-13-17(14)20-16-11(3-1-4-12(16)18(13)22)15-8-7-10(9-21)23-15/h1-9H,(H,20,22). The Bertz CT molecular complexity index is 1120. The summed E-state index contributed by atoms with van der Waals surface area (Å²) < 4.78 is 5.49. The second-order valence-electron chi connectivity index (χ2n) is 5.16. The van der Waals surface area contributed by atoms with Crippen LogP contribution >= 0.6 is 11.6 Å². The van der Waals surface area contributed by atoms with Crippen molar-refractivity contribution < 1.29 is 9.21 Å². The molecule has 0 aliphatic carbocycles. The van der Waals surface area contributed by atoms with Gasteiger partial charge in [0.15, 0.2) is 17.5 Å². The molecule has 4 nitrogen and oxygen atoms in total. The van der Waals surface area contributed by atoms with Crippen LogP contribution in [-0.2, 0) is 0 Å². The van der Waals surface area contributed by atoms with Crippen molar-refractivity contribution in [2.45, 2.75) is 0 Å². The van der Waals surface area contributed by atoms with Crippen molar-refractivity contribution in [1.82, 2.24) is 4.98 Å². The normalized spacial score (nSPS) is 11.2. The van der Waals surface area contributed by atoms with Gasteiger partial charge in [-0.25, -0.2) is 0 Å². The number of H-pyrrole nitrogens is 1. The van der Waals surface area contributed by atoms with Crippen molar-refractivity contribution >= 4 is 39.7 Å². The zero-order valence-corrected chi connectivity index (χ0v) is 12.6. The fourth-order valence-corrected chi connectivity index (χ4v) is 2.97. The summed E-state index contributed by atoms with van der Waals surface area (Å²) in [6.45, 7) is 0. The van der Waals surface area contributed by atoms with E-state index in [9.17, 15) is 9.59 Å². The van der Waals surface area contributed by atoms with Gasteiger partial charge < -0.3 is 9.40 Å². The number of halogens is 1. The molecule has 2 aromatic carbocycles. The lowest BCUT2D eigenvalue weighted by Gasteiger charge is -2.07. The Kier molecular flexibility index (Phi) is 3.06. The largest absolute Gasteiger partial charge is 0.453 e. The van der Waals surface area contributed by atoms with Gasteiger partial charge in [0.25, 0.3) is 0 Å². The zero-order valence-electron chi connectivity index (χ0n) is 11.8. The fraction of sp³-hybridized carbons (Fsp3) is 0. The lowest BCUT2D eigenvalue weighted by atomic mass is 10.0. The molecule has 1 N–H and O–H groups in total. The molecule has 4 rings (SSSR count). The molecule has 23 heavy (non-hydrogen) atoms. The Labute approximate surface area is 135 Å². The number of hydrogen-bond acceptors (Lipinski definition) is 3. The number of aldehydes is 1. The van der Waals surface area contributed by atoms with Gasteiger partial charge in [0.2, 0.25) is 0 Å². The van der Waals surface area contributed by atoms with Gasteiger partial charge in [-0.05, 0) is 36.4 Å². The highest BCUT2D eigenvalue weighted by molar-refractivity contribution is 6.35. The lowest BCUT2D eigenvalue weighted by Crippen LogP contribution is -2.05. The number of rotatable bonds is 2. The minimum absolute atomic E-state index is 0.0970. The molecule has 4 aromatic rings. The summed E-state index contributed by atoms with van der Waals surface area (Å²) >= 11 is 6.21. The predicted molar refractivity (Wildman–Crippen MR) is 90.2 cm³/mol. The van der Waals surface area contributed by atoms with Gasteiger partial charge in [0, 0.05) is 16.3 Å². The number of pyridine rings is 1. The van der Waals surface area contributed by atoms with Crippen LogP contribution in [0.4, 0.5) is 0 Å². The number of para-hydroxylation sites is 2. The van der Waals surface area contributed by atoms with Crippen molar-refractivity contribution in [3.8, 4) is 11.3 Å². The molecule has 0 bridgehead atoms. The SMILES string of the molecule is O=Cc1ccc(-c2cccc3c(=O)c4cccc(Cl)c4[nH]c23)o1. The predicted octanol–water partition coefficient (Wildman–Crippen LogP) is 4.41. The van der Waals surface area contributed by atoms with E-state index in [2.05, 4.69) is 4.98 Å². The first kappa shape index (κ1) is 13.8. The Hall–Kier alpha value is -2.85. The molecule has 0 aliphatic rings. The first-order valence-electron chi connectivity index (χ1n) is 6.97. The quantitative estimate of drug-likeness (QED) is 0.439. The van der Waals surface area contributed by atoms with Gasteiger partial charge in [-0.2, -0.15) is 0 Å². The number of benzene rings is 2. The maximum Gasteiger partial charge on any atom is 0.197 e. The third kappa shape index (κ3) is 2.07. The number of furan rings is 1. The molecular weight excluding hydrogens is 314 g/mol. The Balaban J connectivity index is 2.14. The summed E-state index contributed by atoms with van der Waals surface area (Å²) in [7, 11) is 0. The fourth-order valence-electron chi connectivity index (χ4n) is 2.75. The van der Waals surface area contributed by atoms with Crippen molar-refractivity contribution in [2.24, 2.45) is 0 Å². The van der Waals surface area contributed by atoms with Crippen LogP contribution in [0.15, 0.2) is 57.7 Å². The number of aromatic nitrogens is 1. The maximum absolute atomic E-state index is 12.7. The van der Waals surface area contributed by atoms with Crippen LogP contribution in [0.25, 0.3) is 33.1 Å². The molecule has 0 saturated heterocycles. The molecule has 112 valence electrons. The van der Waals surface area contributed by atoms with E-state index in [1.54, 1.807) is 42.5 Å². The number of carbonyl (C=O) groups is 1. The summed E-state index contributed by atoms with van der Waals surface area (Å²) in [5, 5.41) is 1.56. The molecule has 0 amide bonds. The van der Waals surface area contributed by atoms with E-state index >= 15 is 0 Å². The van der Waals surface area contributed by atoms with Crippen LogP contribution in [0.2, 0.25) is 5.02 Å². The third-order valence-electron chi connectivity index (χ3n) is 3.83. The van der Waals surface area contributed by atoms with E-state index in [0.29, 0.717) is 44.4 Å². The van der Waals surface area contributed by atoms with Crippen LogP contribution in [0, 0.1) is 0 Å². The minimum Gasteiger partial charge on any atom is -0.453 e. The molecule has 0 fully saturated rings. The highest BCUT2D eigenvalue weighted by Crippen LogP contribution is 2.30. The van der Waals surface area contributed by atoms with Crippen LogP contribution in [0.1, 0.15) is 10.6 Å². The van der Waals surface area contributed by atoms with Gasteiger partial charge >= 0.3 is 0 Å². The van der Waals surface area contributed by atoms with Crippen molar-refractivity contribution in [3.05, 3.63) is 69.5 Å². The van der Waals surface area contributed by atoms with Gasteiger partial charge in [0.1, 0.15) is 5.76 Å². The summed E-state index contributed by atoms with van der Waals surface area (Å²) in [6.07, 6.45) is 0.642. The Morgan fingerprint density at radius 3 is 2.43 bits per heavy atom. The molecule has 2 aromatic heterocycles. The molecule has 0 saturated carbocycles.